The van der Waals surface area contributed by atoms with Gasteiger partial charge in [0.05, 0.1) is 0 Å². The Morgan fingerprint density at radius 1 is 1.06 bits per heavy atom. The first kappa shape index (κ1) is 21.8. The number of hydrogen-bond acceptors (Lipinski definition) is 6. The second-order valence-corrected chi connectivity index (χ2v) is 7.70. The van der Waals surface area contributed by atoms with E-state index in [0.29, 0.717) is 29.5 Å². The largest absolute Gasteiger partial charge is 0.451 e. The van der Waals surface area contributed by atoms with Gasteiger partial charge < -0.3 is 14.5 Å². The van der Waals surface area contributed by atoms with Gasteiger partial charge in [-0.05, 0) is 36.2 Å². The molecule has 0 bridgehead atoms. The lowest BCUT2D eigenvalue weighted by atomic mass is 10.1. The van der Waals surface area contributed by atoms with Crippen LogP contribution in [0.4, 0.5) is 8.78 Å². The van der Waals surface area contributed by atoms with E-state index in [1.165, 1.54) is 23.9 Å². The van der Waals surface area contributed by atoms with Gasteiger partial charge in [-0.3, -0.25) is 4.79 Å². The molecule has 0 aliphatic rings. The predicted octanol–water partition coefficient (Wildman–Crippen LogP) is 5.09. The second-order valence-electron chi connectivity index (χ2n) is 6.75. The molecule has 1 amide bonds. The van der Waals surface area contributed by atoms with Crippen LogP contribution in [0.1, 0.15) is 21.7 Å². The van der Waals surface area contributed by atoms with Crippen LogP contribution in [-0.2, 0) is 12.2 Å². The van der Waals surface area contributed by atoms with Crippen molar-refractivity contribution < 1.29 is 22.7 Å². The van der Waals surface area contributed by atoms with Crippen LogP contribution in [0.2, 0.25) is 0 Å². The molecule has 2 aromatic carbocycles. The third kappa shape index (κ3) is 5.42. The minimum atomic E-state index is -2.86. The predicted molar refractivity (Wildman–Crippen MR) is 117 cm³/mol. The number of hydrogen-bond donors (Lipinski definition) is 1. The summed E-state index contributed by atoms with van der Waals surface area (Å²) in [6, 6.07) is 15.6. The number of para-hydroxylation sites is 1. The molecule has 0 saturated carbocycles. The van der Waals surface area contributed by atoms with Crippen molar-refractivity contribution >= 4 is 28.6 Å². The number of halogens is 2. The van der Waals surface area contributed by atoms with Crippen LogP contribution in [0.25, 0.3) is 11.0 Å². The van der Waals surface area contributed by atoms with E-state index in [-0.39, 0.29) is 17.4 Å². The molecule has 2 aromatic heterocycles. The van der Waals surface area contributed by atoms with Crippen LogP contribution in [0.5, 0.6) is 5.75 Å². The maximum absolute atomic E-state index is 12.9. The minimum absolute atomic E-state index is 0.0969. The van der Waals surface area contributed by atoms with Gasteiger partial charge in [0.15, 0.2) is 10.9 Å². The molecule has 0 atom stereocenters. The lowest BCUT2D eigenvalue weighted by Gasteiger charge is -2.07. The highest BCUT2D eigenvalue weighted by Crippen LogP contribution is 2.31. The highest BCUT2D eigenvalue weighted by atomic mass is 32.2. The summed E-state index contributed by atoms with van der Waals surface area (Å²) >= 11 is 1.42. The molecule has 0 radical (unpaired) electrons. The number of amides is 1. The van der Waals surface area contributed by atoms with Crippen LogP contribution >= 0.6 is 11.8 Å². The average molecular weight is 455 g/mol. The summed E-state index contributed by atoms with van der Waals surface area (Å²) in [6.45, 7) is -2.50. The summed E-state index contributed by atoms with van der Waals surface area (Å²) in [4.78, 5) is 21.3. The molecule has 164 valence electrons. The molecule has 4 aromatic rings. The van der Waals surface area contributed by atoms with E-state index < -0.39 is 6.61 Å². The molecule has 0 aliphatic heterocycles. The number of furan rings is 1. The Morgan fingerprint density at radius 2 is 1.81 bits per heavy atom. The van der Waals surface area contributed by atoms with Crippen LogP contribution in [0.3, 0.4) is 0 Å². The van der Waals surface area contributed by atoms with Gasteiger partial charge >= 0.3 is 6.61 Å². The number of aromatic nitrogens is 2. The highest BCUT2D eigenvalue weighted by Gasteiger charge is 2.20. The number of rotatable bonds is 9. The molecule has 0 spiro atoms. The smallest absolute Gasteiger partial charge is 0.387 e. The first-order chi connectivity index (χ1) is 15.6. The molecular weight excluding hydrogens is 436 g/mol. The molecule has 4 rings (SSSR count). The third-order valence-corrected chi connectivity index (χ3v) is 5.54. The molecule has 0 fully saturated rings. The highest BCUT2D eigenvalue weighted by molar-refractivity contribution is 7.98. The zero-order valence-electron chi connectivity index (χ0n) is 16.8. The van der Waals surface area contributed by atoms with E-state index in [0.717, 1.165) is 16.5 Å². The summed E-state index contributed by atoms with van der Waals surface area (Å²) in [6.07, 6.45) is 3.87. The van der Waals surface area contributed by atoms with Crippen molar-refractivity contribution in [1.29, 1.82) is 0 Å². The molecule has 0 saturated heterocycles. The fraction of sp³-hybridized carbons (Fsp3) is 0.174. The number of benzene rings is 2. The van der Waals surface area contributed by atoms with E-state index in [1.54, 1.807) is 30.6 Å². The van der Waals surface area contributed by atoms with E-state index in [2.05, 4.69) is 20.0 Å². The van der Waals surface area contributed by atoms with Crippen molar-refractivity contribution in [2.45, 2.75) is 23.9 Å². The lowest BCUT2D eigenvalue weighted by Crippen LogP contribution is -2.26. The number of fused-ring (bicyclic) bond motifs is 1. The molecule has 0 unspecified atom stereocenters. The molecule has 1 N–H and O–H groups in total. The maximum Gasteiger partial charge on any atom is 0.387 e. The summed E-state index contributed by atoms with van der Waals surface area (Å²) < 4.78 is 34.7. The van der Waals surface area contributed by atoms with Crippen molar-refractivity contribution in [2.75, 3.05) is 6.54 Å². The normalized spacial score (nSPS) is 11.1. The van der Waals surface area contributed by atoms with Gasteiger partial charge in [-0.25, -0.2) is 9.97 Å². The van der Waals surface area contributed by atoms with Gasteiger partial charge in [0.1, 0.15) is 11.3 Å². The van der Waals surface area contributed by atoms with E-state index in [1.807, 2.05) is 24.3 Å². The fourth-order valence-electron chi connectivity index (χ4n) is 3.16. The van der Waals surface area contributed by atoms with E-state index >= 15 is 0 Å². The Hall–Kier alpha value is -3.46. The third-order valence-electron chi connectivity index (χ3n) is 4.64. The average Bonchev–Trinajstić information content (AvgIpc) is 3.18. The van der Waals surface area contributed by atoms with Crippen LogP contribution in [0.15, 0.2) is 76.6 Å². The molecule has 2 heterocycles. The van der Waals surface area contributed by atoms with Gasteiger partial charge in [-0.2, -0.15) is 8.78 Å². The van der Waals surface area contributed by atoms with Crippen molar-refractivity contribution in [3.8, 4) is 5.75 Å². The number of ether oxygens (including phenoxy) is 1. The summed E-state index contributed by atoms with van der Waals surface area (Å²) in [5.74, 6) is 0.522. The summed E-state index contributed by atoms with van der Waals surface area (Å²) in [7, 11) is 0. The zero-order valence-corrected chi connectivity index (χ0v) is 17.6. The van der Waals surface area contributed by atoms with Gasteiger partial charge in [0, 0.05) is 35.6 Å². The summed E-state index contributed by atoms with van der Waals surface area (Å²) in [5.41, 5.74) is 2.30. The van der Waals surface area contributed by atoms with E-state index in [9.17, 15) is 13.6 Å². The van der Waals surface area contributed by atoms with Gasteiger partial charge in [-0.15, -0.1) is 0 Å². The minimum Gasteiger partial charge on any atom is -0.451 e. The molecule has 32 heavy (non-hydrogen) atoms. The molecule has 0 aliphatic carbocycles. The monoisotopic (exact) mass is 455 g/mol. The number of carbonyl (C=O) groups excluding carboxylic acids is 1. The number of nitrogens with zero attached hydrogens (tertiary/aromatic N) is 2. The van der Waals surface area contributed by atoms with Crippen molar-refractivity contribution in [1.82, 2.24) is 15.3 Å². The molecule has 6 nitrogen and oxygen atoms in total. The molecule has 9 heteroatoms. The Labute approximate surface area is 187 Å². The Bertz CT molecular complexity index is 1180. The van der Waals surface area contributed by atoms with Gasteiger partial charge in [0.25, 0.3) is 5.91 Å². The first-order valence-corrected chi connectivity index (χ1v) is 10.8. The number of nitrogens with one attached hydrogen (secondary N) is 1. The van der Waals surface area contributed by atoms with Crippen LogP contribution in [-0.4, -0.2) is 29.0 Å². The lowest BCUT2D eigenvalue weighted by molar-refractivity contribution is -0.0498. The Balaban J connectivity index is 1.42. The second kappa shape index (κ2) is 10.2. The standard InChI is InChI=1S/C23H19F2N3O3S/c24-22(25)30-16-8-6-15(7-9-16)10-13-26-21(29)20-18(14-32-23-27-11-3-12-28-23)17-4-1-2-5-19(17)31-20/h1-9,11-12,22H,10,13-14H2,(H,26,29). The first-order valence-electron chi connectivity index (χ1n) is 9.82. The van der Waals surface area contributed by atoms with Crippen molar-refractivity contribution in [3.63, 3.8) is 0 Å². The number of carbonyl (C=O) groups is 1. The Morgan fingerprint density at radius 3 is 2.56 bits per heavy atom. The SMILES string of the molecule is O=C(NCCc1ccc(OC(F)F)cc1)c1oc2ccccc2c1CSc1ncccn1. The van der Waals surface area contributed by atoms with Gasteiger partial charge in [-0.1, -0.05) is 42.1 Å². The van der Waals surface area contributed by atoms with Crippen LogP contribution in [0, 0.1) is 0 Å². The fourth-order valence-corrected chi connectivity index (χ4v) is 3.99. The summed E-state index contributed by atoms with van der Waals surface area (Å²) in [5, 5.41) is 4.35. The van der Waals surface area contributed by atoms with Crippen molar-refractivity contribution in [3.05, 3.63) is 83.9 Å². The number of alkyl halides is 2. The van der Waals surface area contributed by atoms with Crippen LogP contribution < -0.4 is 10.1 Å². The van der Waals surface area contributed by atoms with Crippen molar-refractivity contribution in [2.24, 2.45) is 0 Å². The topological polar surface area (TPSA) is 77.2 Å². The quantitative estimate of drug-likeness (QED) is 0.280. The zero-order chi connectivity index (χ0) is 22.3. The maximum atomic E-state index is 12.9. The number of thioether (sulfide) groups is 1. The Kier molecular flexibility index (Phi) is 6.96. The molecular formula is C23H19F2N3O3S. The van der Waals surface area contributed by atoms with Gasteiger partial charge in [0.2, 0.25) is 0 Å². The van der Waals surface area contributed by atoms with E-state index in [4.69, 9.17) is 4.42 Å².